The molecule has 4 nitrogen and oxygen atoms in total. The third-order valence-electron chi connectivity index (χ3n) is 4.65. The number of aliphatic carboxylic acids is 1. The van der Waals surface area contributed by atoms with Crippen LogP contribution >= 0.6 is 0 Å². The molecule has 1 N–H and O–H groups in total. The zero-order chi connectivity index (χ0) is 13.9. The Hall–Kier alpha value is -0.610. The lowest BCUT2D eigenvalue weighted by molar-refractivity contribution is -0.171. The number of hydrogen-bond donors (Lipinski definition) is 1. The third kappa shape index (κ3) is 3.93. The standard InChI is InChI=1S/C15H27NO3/c1-3-4-12-5-7-13(8-6-12)16-10-15(2,11-16)19-9-14(17)18/h12-13H,3-11H2,1-2H3,(H,17,18). The van der Waals surface area contributed by atoms with Gasteiger partial charge in [-0.25, -0.2) is 4.79 Å². The van der Waals surface area contributed by atoms with Crippen LogP contribution in [0.1, 0.15) is 52.4 Å². The van der Waals surface area contributed by atoms with E-state index >= 15 is 0 Å². The fraction of sp³-hybridized carbons (Fsp3) is 0.933. The largest absolute Gasteiger partial charge is 0.480 e. The van der Waals surface area contributed by atoms with Crippen LogP contribution in [0.25, 0.3) is 0 Å². The summed E-state index contributed by atoms with van der Waals surface area (Å²) in [6, 6.07) is 0.703. The van der Waals surface area contributed by atoms with Crippen molar-refractivity contribution in [2.24, 2.45) is 5.92 Å². The second kappa shape index (κ2) is 6.23. The fourth-order valence-electron chi connectivity index (χ4n) is 3.61. The van der Waals surface area contributed by atoms with E-state index in [-0.39, 0.29) is 12.2 Å². The monoisotopic (exact) mass is 269 g/mol. The minimum absolute atomic E-state index is 0.173. The second-order valence-corrected chi connectivity index (χ2v) is 6.50. The average Bonchev–Trinajstić information content (AvgIpc) is 2.34. The predicted molar refractivity (Wildman–Crippen MR) is 74.2 cm³/mol. The van der Waals surface area contributed by atoms with Crippen LogP contribution in [0.15, 0.2) is 0 Å². The Labute approximate surface area is 116 Å². The van der Waals surface area contributed by atoms with Gasteiger partial charge in [0, 0.05) is 19.1 Å². The van der Waals surface area contributed by atoms with Gasteiger partial charge in [0.2, 0.25) is 0 Å². The van der Waals surface area contributed by atoms with Gasteiger partial charge in [0.05, 0.1) is 5.60 Å². The quantitative estimate of drug-likeness (QED) is 0.805. The summed E-state index contributed by atoms with van der Waals surface area (Å²) in [4.78, 5) is 13.0. The Morgan fingerprint density at radius 1 is 1.32 bits per heavy atom. The zero-order valence-corrected chi connectivity index (χ0v) is 12.2. The van der Waals surface area contributed by atoms with E-state index in [4.69, 9.17) is 9.84 Å². The Balaban J connectivity index is 1.68. The van der Waals surface area contributed by atoms with Crippen LogP contribution < -0.4 is 0 Å². The summed E-state index contributed by atoms with van der Waals surface area (Å²) in [7, 11) is 0. The number of hydrogen-bond acceptors (Lipinski definition) is 3. The van der Waals surface area contributed by atoms with Crippen LogP contribution in [0.4, 0.5) is 0 Å². The maximum absolute atomic E-state index is 10.5. The molecule has 110 valence electrons. The van der Waals surface area contributed by atoms with Gasteiger partial charge in [-0.15, -0.1) is 0 Å². The van der Waals surface area contributed by atoms with E-state index in [1.165, 1.54) is 38.5 Å². The van der Waals surface area contributed by atoms with Crippen LogP contribution in [0.2, 0.25) is 0 Å². The lowest BCUT2D eigenvalue weighted by Crippen LogP contribution is -2.64. The van der Waals surface area contributed by atoms with Crippen molar-refractivity contribution >= 4 is 5.97 Å². The molecule has 0 aromatic carbocycles. The molecular weight excluding hydrogens is 242 g/mol. The molecule has 1 heterocycles. The van der Waals surface area contributed by atoms with Crippen LogP contribution in [0.3, 0.4) is 0 Å². The number of carboxylic acids is 1. The molecular formula is C15H27NO3. The van der Waals surface area contributed by atoms with E-state index in [2.05, 4.69) is 11.8 Å². The highest BCUT2D eigenvalue weighted by atomic mass is 16.5. The second-order valence-electron chi connectivity index (χ2n) is 6.50. The molecule has 2 aliphatic rings. The molecule has 19 heavy (non-hydrogen) atoms. The van der Waals surface area contributed by atoms with Gasteiger partial charge >= 0.3 is 5.97 Å². The summed E-state index contributed by atoms with van der Waals surface area (Å²) in [5, 5.41) is 8.65. The van der Waals surface area contributed by atoms with Gasteiger partial charge in [-0.1, -0.05) is 19.8 Å². The maximum atomic E-state index is 10.5. The Bertz CT molecular complexity index is 305. The van der Waals surface area contributed by atoms with Gasteiger partial charge in [-0.2, -0.15) is 0 Å². The summed E-state index contributed by atoms with van der Waals surface area (Å²) in [6.45, 7) is 5.91. The van der Waals surface area contributed by atoms with Gasteiger partial charge in [-0.05, 0) is 38.5 Å². The molecule has 0 aromatic rings. The molecule has 0 radical (unpaired) electrons. The number of nitrogens with zero attached hydrogens (tertiary/aromatic N) is 1. The predicted octanol–water partition coefficient (Wildman–Crippen LogP) is 2.52. The molecule has 1 aliphatic heterocycles. The first kappa shape index (κ1) is 14.8. The molecule has 0 aromatic heterocycles. The van der Waals surface area contributed by atoms with Crippen molar-refractivity contribution in [3.05, 3.63) is 0 Å². The Morgan fingerprint density at radius 2 is 1.95 bits per heavy atom. The smallest absolute Gasteiger partial charge is 0.329 e. The number of likely N-dealkylation sites (tertiary alicyclic amines) is 1. The highest BCUT2D eigenvalue weighted by Gasteiger charge is 2.43. The SMILES string of the molecule is CCCC1CCC(N2CC(C)(OCC(=O)O)C2)CC1. The van der Waals surface area contributed by atoms with Crippen LogP contribution in [-0.2, 0) is 9.53 Å². The van der Waals surface area contributed by atoms with Crippen molar-refractivity contribution in [3.63, 3.8) is 0 Å². The van der Waals surface area contributed by atoms with E-state index in [0.717, 1.165) is 19.0 Å². The molecule has 2 rings (SSSR count). The van der Waals surface area contributed by atoms with Gasteiger partial charge < -0.3 is 9.84 Å². The Kier molecular flexibility index (Phi) is 4.85. The summed E-state index contributed by atoms with van der Waals surface area (Å²) in [5.74, 6) is 0.0666. The first-order chi connectivity index (χ1) is 9.02. The lowest BCUT2D eigenvalue weighted by atomic mass is 9.81. The Morgan fingerprint density at radius 3 is 2.47 bits per heavy atom. The van der Waals surface area contributed by atoms with Gasteiger partial charge in [0.1, 0.15) is 6.61 Å². The van der Waals surface area contributed by atoms with Crippen LogP contribution in [0, 0.1) is 5.92 Å². The summed E-state index contributed by atoms with van der Waals surface area (Å²) in [6.07, 6.45) is 8.02. The first-order valence-corrected chi connectivity index (χ1v) is 7.62. The van der Waals surface area contributed by atoms with Gasteiger partial charge in [-0.3, -0.25) is 4.90 Å². The van der Waals surface area contributed by atoms with E-state index in [1.807, 2.05) is 6.92 Å². The van der Waals surface area contributed by atoms with Gasteiger partial charge in [0.15, 0.2) is 0 Å². The molecule has 1 aliphatic carbocycles. The number of rotatable bonds is 6. The minimum Gasteiger partial charge on any atom is -0.480 e. The molecule has 1 saturated heterocycles. The molecule has 0 spiro atoms. The first-order valence-electron chi connectivity index (χ1n) is 7.62. The molecule has 0 atom stereocenters. The number of ether oxygens (including phenoxy) is 1. The van der Waals surface area contributed by atoms with E-state index in [0.29, 0.717) is 6.04 Å². The maximum Gasteiger partial charge on any atom is 0.329 e. The van der Waals surface area contributed by atoms with E-state index in [9.17, 15) is 4.79 Å². The normalized spacial score (nSPS) is 30.8. The van der Waals surface area contributed by atoms with Crippen molar-refractivity contribution in [1.82, 2.24) is 4.90 Å². The average molecular weight is 269 g/mol. The highest BCUT2D eigenvalue weighted by Crippen LogP contribution is 2.35. The summed E-state index contributed by atoms with van der Waals surface area (Å²) < 4.78 is 5.47. The van der Waals surface area contributed by atoms with E-state index < -0.39 is 5.97 Å². The molecule has 2 fully saturated rings. The number of carbonyl (C=O) groups is 1. The van der Waals surface area contributed by atoms with Crippen LogP contribution in [-0.4, -0.2) is 47.3 Å². The van der Waals surface area contributed by atoms with E-state index in [1.54, 1.807) is 0 Å². The zero-order valence-electron chi connectivity index (χ0n) is 12.2. The van der Waals surface area contributed by atoms with Crippen molar-refractivity contribution in [2.75, 3.05) is 19.7 Å². The molecule has 4 heteroatoms. The number of carboxylic acid groups (broad SMARTS) is 1. The topological polar surface area (TPSA) is 49.8 Å². The molecule has 0 unspecified atom stereocenters. The fourth-order valence-corrected chi connectivity index (χ4v) is 3.61. The highest BCUT2D eigenvalue weighted by molar-refractivity contribution is 5.68. The van der Waals surface area contributed by atoms with Crippen molar-refractivity contribution in [2.45, 2.75) is 64.0 Å². The lowest BCUT2D eigenvalue weighted by Gasteiger charge is -2.52. The van der Waals surface area contributed by atoms with Crippen molar-refractivity contribution < 1.29 is 14.6 Å². The molecule has 0 amide bonds. The summed E-state index contributed by atoms with van der Waals surface area (Å²) >= 11 is 0. The van der Waals surface area contributed by atoms with Crippen LogP contribution in [0.5, 0.6) is 0 Å². The van der Waals surface area contributed by atoms with Gasteiger partial charge in [0.25, 0.3) is 0 Å². The van der Waals surface area contributed by atoms with Crippen molar-refractivity contribution in [1.29, 1.82) is 0 Å². The third-order valence-corrected chi connectivity index (χ3v) is 4.65. The van der Waals surface area contributed by atoms with Crippen molar-refractivity contribution in [3.8, 4) is 0 Å². The summed E-state index contributed by atoms with van der Waals surface area (Å²) in [5.41, 5.74) is -0.237. The minimum atomic E-state index is -0.875. The molecule has 1 saturated carbocycles. The molecule has 0 bridgehead atoms.